The van der Waals surface area contributed by atoms with E-state index in [0.29, 0.717) is 21.8 Å². The van der Waals surface area contributed by atoms with Crippen LogP contribution in [0.5, 0.6) is 0 Å². The van der Waals surface area contributed by atoms with Crippen LogP contribution in [0.2, 0.25) is 5.02 Å². The highest BCUT2D eigenvalue weighted by Gasteiger charge is 2.30. The Morgan fingerprint density at radius 2 is 1.70 bits per heavy atom. The van der Waals surface area contributed by atoms with Crippen LogP contribution in [0.4, 0.5) is 5.69 Å². The van der Waals surface area contributed by atoms with E-state index in [9.17, 15) is 18.0 Å². The molecule has 1 unspecified atom stereocenters. The number of para-hydroxylation sites is 1. The van der Waals surface area contributed by atoms with Gasteiger partial charge in [-0.3, -0.25) is 13.9 Å². The van der Waals surface area contributed by atoms with Gasteiger partial charge in [-0.2, -0.15) is 0 Å². The third kappa shape index (κ3) is 5.73. The summed E-state index contributed by atoms with van der Waals surface area (Å²) in [4.78, 5) is 26.9. The molecule has 0 bridgehead atoms. The van der Waals surface area contributed by atoms with E-state index in [-0.39, 0.29) is 12.5 Å². The fourth-order valence-corrected chi connectivity index (χ4v) is 4.14. The van der Waals surface area contributed by atoms with Crippen molar-refractivity contribution in [3.8, 4) is 0 Å². The molecule has 2 aromatic rings. The number of likely N-dealkylation sites (N-methyl/N-ethyl adjacent to an activating group) is 1. The topological polar surface area (TPSA) is 86.8 Å². The number of hydrogen-bond acceptors (Lipinski definition) is 4. The number of halogens is 1. The largest absolute Gasteiger partial charge is 0.357 e. The molecule has 0 aliphatic rings. The summed E-state index contributed by atoms with van der Waals surface area (Å²) in [5, 5.41) is 2.98. The van der Waals surface area contributed by atoms with Gasteiger partial charge in [0.15, 0.2) is 0 Å². The second-order valence-corrected chi connectivity index (χ2v) is 9.27. The lowest BCUT2D eigenvalue weighted by atomic mass is 10.1. The highest BCUT2D eigenvalue weighted by Crippen LogP contribution is 2.23. The molecule has 0 heterocycles. The van der Waals surface area contributed by atoms with Crippen LogP contribution in [0.15, 0.2) is 48.5 Å². The number of rotatable bonds is 8. The minimum absolute atomic E-state index is 0.0679. The molecule has 30 heavy (non-hydrogen) atoms. The van der Waals surface area contributed by atoms with Crippen LogP contribution in [0.25, 0.3) is 0 Å². The first kappa shape index (κ1) is 23.7. The molecule has 1 N–H and O–H groups in total. The number of carbonyl (C=O) groups is 2. The van der Waals surface area contributed by atoms with Gasteiger partial charge in [-0.1, -0.05) is 48.0 Å². The van der Waals surface area contributed by atoms with Crippen LogP contribution in [0.1, 0.15) is 18.1 Å². The first-order valence-electron chi connectivity index (χ1n) is 9.34. The Kier molecular flexibility index (Phi) is 7.86. The highest BCUT2D eigenvalue weighted by atomic mass is 35.5. The first-order chi connectivity index (χ1) is 14.1. The summed E-state index contributed by atoms with van der Waals surface area (Å²) in [6.07, 6.45) is 1.05. The van der Waals surface area contributed by atoms with Crippen molar-refractivity contribution in [2.45, 2.75) is 26.4 Å². The zero-order valence-electron chi connectivity index (χ0n) is 17.4. The van der Waals surface area contributed by atoms with E-state index in [1.54, 1.807) is 62.4 Å². The van der Waals surface area contributed by atoms with Gasteiger partial charge in [0.25, 0.3) is 0 Å². The lowest BCUT2D eigenvalue weighted by Crippen LogP contribution is -2.50. The van der Waals surface area contributed by atoms with Crippen molar-refractivity contribution in [2.24, 2.45) is 0 Å². The summed E-state index contributed by atoms with van der Waals surface area (Å²) >= 11 is 6.24. The maximum atomic E-state index is 13.3. The number of hydrogen-bond donors (Lipinski definition) is 1. The molecule has 0 fully saturated rings. The molecule has 1 atom stereocenters. The highest BCUT2D eigenvalue weighted by molar-refractivity contribution is 7.92. The molecule has 162 valence electrons. The molecule has 0 saturated carbocycles. The van der Waals surface area contributed by atoms with Gasteiger partial charge in [0.1, 0.15) is 12.6 Å². The maximum absolute atomic E-state index is 13.3. The van der Waals surface area contributed by atoms with E-state index in [1.165, 1.54) is 11.9 Å². The molecule has 2 aromatic carbocycles. The standard InChI is InChI=1S/C21H26ClN3O4S/c1-15-9-5-8-12-19(15)25(30(4,28)29)14-20(26)24(16(2)21(27)23-3)13-17-10-6-7-11-18(17)22/h5-12,16H,13-14H2,1-4H3,(H,23,27). The second kappa shape index (κ2) is 9.95. The number of benzene rings is 2. The molecule has 0 aliphatic heterocycles. The van der Waals surface area contributed by atoms with E-state index < -0.39 is 28.5 Å². The molecule has 0 spiro atoms. The second-order valence-electron chi connectivity index (χ2n) is 6.96. The number of amides is 2. The number of aryl methyl sites for hydroxylation is 1. The van der Waals surface area contributed by atoms with Gasteiger partial charge >= 0.3 is 0 Å². The lowest BCUT2D eigenvalue weighted by molar-refractivity contribution is -0.139. The molecule has 7 nitrogen and oxygen atoms in total. The van der Waals surface area contributed by atoms with Gasteiger partial charge in [0.05, 0.1) is 11.9 Å². The van der Waals surface area contributed by atoms with Crippen LogP contribution < -0.4 is 9.62 Å². The van der Waals surface area contributed by atoms with Gasteiger partial charge in [-0.25, -0.2) is 8.42 Å². The number of nitrogens with zero attached hydrogens (tertiary/aromatic N) is 2. The molecule has 2 rings (SSSR count). The summed E-state index contributed by atoms with van der Waals surface area (Å²) < 4.78 is 26.0. The monoisotopic (exact) mass is 451 g/mol. The van der Waals surface area contributed by atoms with E-state index in [1.807, 2.05) is 0 Å². The fourth-order valence-electron chi connectivity index (χ4n) is 3.04. The van der Waals surface area contributed by atoms with Gasteiger partial charge in [-0.05, 0) is 37.1 Å². The van der Waals surface area contributed by atoms with Gasteiger partial charge in [0.2, 0.25) is 21.8 Å². The summed E-state index contributed by atoms with van der Waals surface area (Å²) in [5.41, 5.74) is 1.79. The van der Waals surface area contributed by atoms with Gasteiger partial charge in [-0.15, -0.1) is 0 Å². The number of anilines is 1. The molecule has 9 heteroatoms. The molecule has 0 aliphatic carbocycles. The van der Waals surface area contributed by atoms with Crippen molar-refractivity contribution in [3.63, 3.8) is 0 Å². The summed E-state index contributed by atoms with van der Waals surface area (Å²) in [5.74, 6) is -0.878. The predicted molar refractivity (Wildman–Crippen MR) is 119 cm³/mol. The van der Waals surface area contributed by atoms with Gasteiger partial charge in [0, 0.05) is 18.6 Å². The predicted octanol–water partition coefficient (Wildman–Crippen LogP) is 2.58. The molecule has 2 amide bonds. The van der Waals surface area contributed by atoms with Gasteiger partial charge < -0.3 is 10.2 Å². The minimum atomic E-state index is -3.74. The lowest BCUT2D eigenvalue weighted by Gasteiger charge is -2.31. The first-order valence-corrected chi connectivity index (χ1v) is 11.6. The number of carbonyl (C=O) groups excluding carboxylic acids is 2. The smallest absolute Gasteiger partial charge is 0.244 e. The zero-order valence-corrected chi connectivity index (χ0v) is 19.0. The number of sulfonamides is 1. The van der Waals surface area contributed by atoms with E-state index >= 15 is 0 Å². The molecule has 0 saturated heterocycles. The Bertz CT molecular complexity index is 1030. The van der Waals surface area contributed by atoms with Crippen molar-refractivity contribution >= 4 is 39.1 Å². The van der Waals surface area contributed by atoms with Crippen molar-refractivity contribution in [1.82, 2.24) is 10.2 Å². The van der Waals surface area contributed by atoms with E-state index in [2.05, 4.69) is 5.32 Å². The van der Waals surface area contributed by atoms with E-state index in [0.717, 1.165) is 10.6 Å². The molecular weight excluding hydrogens is 426 g/mol. The third-order valence-electron chi connectivity index (χ3n) is 4.78. The average Bonchev–Trinajstić information content (AvgIpc) is 2.70. The van der Waals surface area contributed by atoms with Crippen LogP contribution in [-0.4, -0.2) is 51.0 Å². The van der Waals surface area contributed by atoms with Crippen molar-refractivity contribution in [1.29, 1.82) is 0 Å². The molecular formula is C21H26ClN3O4S. The van der Waals surface area contributed by atoms with Crippen LogP contribution >= 0.6 is 11.6 Å². The minimum Gasteiger partial charge on any atom is -0.357 e. The summed E-state index contributed by atoms with van der Waals surface area (Å²) in [6, 6.07) is 13.1. The SMILES string of the molecule is CNC(=O)C(C)N(Cc1ccccc1Cl)C(=O)CN(c1ccccc1C)S(C)(=O)=O. The molecule has 0 aromatic heterocycles. The Morgan fingerprint density at radius 1 is 1.10 bits per heavy atom. The summed E-state index contributed by atoms with van der Waals surface area (Å²) in [7, 11) is -2.26. The Labute approximate surface area is 182 Å². The van der Waals surface area contributed by atoms with Crippen molar-refractivity contribution in [3.05, 3.63) is 64.7 Å². The third-order valence-corrected chi connectivity index (χ3v) is 6.27. The fraction of sp³-hybridized carbons (Fsp3) is 0.333. The molecule has 0 radical (unpaired) electrons. The van der Waals surface area contributed by atoms with Crippen LogP contribution in [0, 0.1) is 6.92 Å². The zero-order chi connectivity index (χ0) is 22.5. The van der Waals surface area contributed by atoms with Crippen LogP contribution in [0.3, 0.4) is 0 Å². The summed E-state index contributed by atoms with van der Waals surface area (Å²) in [6.45, 7) is 2.99. The van der Waals surface area contributed by atoms with Crippen molar-refractivity contribution < 1.29 is 18.0 Å². The van der Waals surface area contributed by atoms with Crippen molar-refractivity contribution in [2.75, 3.05) is 24.2 Å². The average molecular weight is 452 g/mol. The van der Waals surface area contributed by atoms with Crippen LogP contribution in [-0.2, 0) is 26.2 Å². The number of nitrogens with one attached hydrogen (secondary N) is 1. The Hall–Kier alpha value is -2.58. The Morgan fingerprint density at radius 3 is 2.27 bits per heavy atom. The normalized spacial score (nSPS) is 12.2. The quantitative estimate of drug-likeness (QED) is 0.668. The Balaban J connectivity index is 2.41. The van der Waals surface area contributed by atoms with E-state index in [4.69, 9.17) is 11.6 Å². The maximum Gasteiger partial charge on any atom is 0.244 e.